The van der Waals surface area contributed by atoms with Gasteiger partial charge in [-0.2, -0.15) is 0 Å². The maximum Gasteiger partial charge on any atom is 0.191 e. The number of nitrogens with zero attached hydrogens (tertiary/aromatic N) is 2. The molecule has 2 N–H and O–H groups in total. The van der Waals surface area contributed by atoms with Gasteiger partial charge in [0.15, 0.2) is 5.96 Å². The minimum Gasteiger partial charge on any atom is -0.377 e. The number of guanidine groups is 1. The molecule has 0 aromatic rings. The van der Waals surface area contributed by atoms with Crippen LogP contribution in [0.25, 0.3) is 0 Å². The van der Waals surface area contributed by atoms with Crippen LogP contribution in [-0.4, -0.2) is 61.8 Å². The lowest BCUT2D eigenvalue weighted by Crippen LogP contribution is -2.72. The molecule has 2 saturated heterocycles. The fourth-order valence-electron chi connectivity index (χ4n) is 6.01. The van der Waals surface area contributed by atoms with Crippen molar-refractivity contribution in [3.05, 3.63) is 0 Å². The Balaban J connectivity index is 0.00000180. The van der Waals surface area contributed by atoms with E-state index >= 15 is 0 Å². The molecular weight excluding hydrogens is 451 g/mol. The molecule has 0 amide bonds. The zero-order valence-corrected chi connectivity index (χ0v) is 19.1. The van der Waals surface area contributed by atoms with Crippen molar-refractivity contribution in [1.29, 1.82) is 0 Å². The van der Waals surface area contributed by atoms with Gasteiger partial charge in [0.25, 0.3) is 0 Å². The first kappa shape index (κ1) is 20.2. The smallest absolute Gasteiger partial charge is 0.191 e. The second-order valence-electron chi connectivity index (χ2n) is 9.44. The third kappa shape index (κ3) is 3.87. The molecule has 27 heavy (non-hydrogen) atoms. The third-order valence-corrected chi connectivity index (χ3v) is 7.79. The zero-order chi connectivity index (χ0) is 17.6. The van der Waals surface area contributed by atoms with Gasteiger partial charge in [0.2, 0.25) is 0 Å². The minimum atomic E-state index is 0. The van der Waals surface area contributed by atoms with E-state index < -0.39 is 0 Å². The fraction of sp³-hybridized carbons (Fsp3) is 0.952. The highest BCUT2D eigenvalue weighted by molar-refractivity contribution is 14.0. The lowest BCUT2D eigenvalue weighted by atomic mass is 9.46. The molecule has 0 bridgehead atoms. The van der Waals surface area contributed by atoms with Gasteiger partial charge in [-0.05, 0) is 57.8 Å². The number of aliphatic imine (C=N–C) groups is 1. The van der Waals surface area contributed by atoms with Gasteiger partial charge in [0, 0.05) is 56.2 Å². The van der Waals surface area contributed by atoms with Crippen LogP contribution in [0.1, 0.15) is 58.3 Å². The Morgan fingerprint density at radius 2 is 1.89 bits per heavy atom. The maximum absolute atomic E-state index is 6.07. The summed E-state index contributed by atoms with van der Waals surface area (Å²) in [7, 11) is 0. The Hall–Kier alpha value is -0.0800. The van der Waals surface area contributed by atoms with E-state index in [0.29, 0.717) is 29.5 Å². The second-order valence-corrected chi connectivity index (χ2v) is 9.44. The van der Waals surface area contributed by atoms with E-state index in [4.69, 9.17) is 9.73 Å². The van der Waals surface area contributed by atoms with E-state index in [1.807, 2.05) is 0 Å². The molecule has 0 aromatic carbocycles. The lowest BCUT2D eigenvalue weighted by molar-refractivity contribution is -0.171. The molecule has 6 heteroatoms. The van der Waals surface area contributed by atoms with E-state index in [1.54, 1.807) is 0 Å². The highest BCUT2D eigenvalue weighted by Crippen LogP contribution is 2.62. The molecule has 3 unspecified atom stereocenters. The molecule has 5 nitrogen and oxygen atoms in total. The quantitative estimate of drug-likeness (QED) is 0.355. The number of halogens is 1. The summed E-state index contributed by atoms with van der Waals surface area (Å²) in [5, 5.41) is 7.65. The third-order valence-electron chi connectivity index (χ3n) is 7.79. The Morgan fingerprint density at radius 1 is 1.11 bits per heavy atom. The van der Waals surface area contributed by atoms with Crippen LogP contribution in [0.5, 0.6) is 0 Å². The number of ether oxygens (including phenoxy) is 1. The molecule has 3 saturated carbocycles. The molecule has 2 heterocycles. The van der Waals surface area contributed by atoms with Crippen molar-refractivity contribution in [2.24, 2.45) is 22.2 Å². The maximum atomic E-state index is 6.07. The first-order valence-corrected chi connectivity index (χ1v) is 11.2. The van der Waals surface area contributed by atoms with Crippen molar-refractivity contribution in [1.82, 2.24) is 15.5 Å². The highest BCUT2D eigenvalue weighted by atomic mass is 127. The number of rotatable bonds is 5. The normalized spacial score (nSPS) is 35.7. The Morgan fingerprint density at radius 3 is 2.52 bits per heavy atom. The van der Waals surface area contributed by atoms with Crippen molar-refractivity contribution in [2.45, 2.75) is 76.5 Å². The van der Waals surface area contributed by atoms with Gasteiger partial charge in [-0.25, -0.2) is 0 Å². The van der Waals surface area contributed by atoms with Crippen LogP contribution in [0.4, 0.5) is 0 Å². The van der Waals surface area contributed by atoms with Gasteiger partial charge >= 0.3 is 0 Å². The van der Waals surface area contributed by atoms with Crippen molar-refractivity contribution in [3.63, 3.8) is 0 Å². The summed E-state index contributed by atoms with van der Waals surface area (Å²) in [6.45, 7) is 7.79. The SMILES string of the molecule is CCN=C(NC1CCN(CC2CC2)CC1)NC1C2CCOC2C12CCC2.I. The van der Waals surface area contributed by atoms with Crippen molar-refractivity contribution >= 4 is 29.9 Å². The molecule has 3 atom stereocenters. The Bertz CT molecular complexity index is 540. The predicted molar refractivity (Wildman–Crippen MR) is 120 cm³/mol. The van der Waals surface area contributed by atoms with Gasteiger partial charge in [-0.15, -0.1) is 24.0 Å². The monoisotopic (exact) mass is 488 g/mol. The molecule has 154 valence electrons. The fourth-order valence-corrected chi connectivity index (χ4v) is 6.01. The standard InChI is InChI=1S/C21H36N4O.HI/c1-2-22-20(23-16-6-11-25(12-7-16)14-15-4-5-15)24-18-17-8-13-26-19(17)21(18)9-3-10-21;/h15-19H,2-14H2,1H3,(H2,22,23,24);1H. The summed E-state index contributed by atoms with van der Waals surface area (Å²) in [4.78, 5) is 7.47. The number of fused-ring (bicyclic) bond motifs is 2. The van der Waals surface area contributed by atoms with Crippen LogP contribution in [-0.2, 0) is 4.74 Å². The number of likely N-dealkylation sites (tertiary alicyclic amines) is 1. The molecule has 5 rings (SSSR count). The van der Waals surface area contributed by atoms with Crippen molar-refractivity contribution < 1.29 is 4.74 Å². The molecule has 0 radical (unpaired) electrons. The van der Waals surface area contributed by atoms with Crippen molar-refractivity contribution in [3.8, 4) is 0 Å². The number of hydrogen-bond acceptors (Lipinski definition) is 3. The Labute approximate surface area is 181 Å². The van der Waals surface area contributed by atoms with E-state index in [0.717, 1.165) is 25.0 Å². The van der Waals surface area contributed by atoms with Gasteiger partial charge < -0.3 is 20.3 Å². The average molecular weight is 488 g/mol. The van der Waals surface area contributed by atoms with E-state index in [2.05, 4.69) is 22.5 Å². The number of hydrogen-bond donors (Lipinski definition) is 2. The number of piperidine rings is 1. The van der Waals surface area contributed by atoms with E-state index in [1.165, 1.54) is 71.0 Å². The molecule has 5 fully saturated rings. The highest BCUT2D eigenvalue weighted by Gasteiger charge is 2.66. The van der Waals surface area contributed by atoms with Crippen LogP contribution in [0.15, 0.2) is 4.99 Å². The zero-order valence-electron chi connectivity index (χ0n) is 16.8. The molecule has 2 aliphatic heterocycles. The molecule has 0 aromatic heterocycles. The minimum absolute atomic E-state index is 0. The summed E-state index contributed by atoms with van der Waals surface area (Å²) in [6, 6.07) is 1.16. The van der Waals surface area contributed by atoms with Crippen LogP contribution < -0.4 is 10.6 Å². The number of nitrogens with one attached hydrogen (secondary N) is 2. The van der Waals surface area contributed by atoms with Crippen LogP contribution >= 0.6 is 24.0 Å². The van der Waals surface area contributed by atoms with Crippen LogP contribution in [0.3, 0.4) is 0 Å². The molecule has 5 aliphatic rings. The predicted octanol–water partition coefficient (Wildman–Crippen LogP) is 2.99. The average Bonchev–Trinajstić information content (AvgIpc) is 3.31. The summed E-state index contributed by atoms with van der Waals surface area (Å²) in [5.41, 5.74) is 0.422. The topological polar surface area (TPSA) is 48.9 Å². The van der Waals surface area contributed by atoms with E-state index in [-0.39, 0.29) is 24.0 Å². The Kier molecular flexibility index (Phi) is 6.24. The van der Waals surface area contributed by atoms with Crippen LogP contribution in [0.2, 0.25) is 0 Å². The van der Waals surface area contributed by atoms with E-state index in [9.17, 15) is 0 Å². The summed E-state index contributed by atoms with van der Waals surface area (Å²) < 4.78 is 6.07. The largest absolute Gasteiger partial charge is 0.377 e. The van der Waals surface area contributed by atoms with Crippen molar-refractivity contribution in [2.75, 3.05) is 32.8 Å². The van der Waals surface area contributed by atoms with Crippen LogP contribution in [0, 0.1) is 17.3 Å². The van der Waals surface area contributed by atoms with Gasteiger partial charge in [-0.3, -0.25) is 4.99 Å². The van der Waals surface area contributed by atoms with Gasteiger partial charge in [0.05, 0.1) is 6.10 Å². The second kappa shape index (κ2) is 8.34. The van der Waals surface area contributed by atoms with Gasteiger partial charge in [-0.1, -0.05) is 6.42 Å². The molecular formula is C21H37IN4O. The van der Waals surface area contributed by atoms with Gasteiger partial charge in [0.1, 0.15) is 0 Å². The molecule has 1 spiro atoms. The lowest BCUT2D eigenvalue weighted by Gasteiger charge is -2.63. The summed E-state index contributed by atoms with van der Waals surface area (Å²) in [6.07, 6.45) is 11.2. The first-order chi connectivity index (χ1) is 12.8. The summed E-state index contributed by atoms with van der Waals surface area (Å²) >= 11 is 0. The molecule has 3 aliphatic carbocycles. The first-order valence-electron chi connectivity index (χ1n) is 11.2. The summed E-state index contributed by atoms with van der Waals surface area (Å²) in [5.74, 6) is 2.78.